The Morgan fingerprint density at radius 2 is 1.94 bits per heavy atom. The maximum Gasteiger partial charge on any atom is 0.129 e. The van der Waals surface area contributed by atoms with Gasteiger partial charge in [0.1, 0.15) is 10.7 Å². The predicted molar refractivity (Wildman–Crippen MR) is 72.9 cm³/mol. The van der Waals surface area contributed by atoms with Crippen LogP contribution in [0.2, 0.25) is 0 Å². The molecule has 0 saturated carbocycles. The lowest BCUT2D eigenvalue weighted by atomic mass is 10.1. The summed E-state index contributed by atoms with van der Waals surface area (Å²) in [6.45, 7) is 4.36. The van der Waals surface area contributed by atoms with Crippen LogP contribution in [0, 0.1) is 0 Å². The van der Waals surface area contributed by atoms with Gasteiger partial charge in [-0.25, -0.2) is 0 Å². The van der Waals surface area contributed by atoms with Gasteiger partial charge in [0.05, 0.1) is 45.9 Å². The van der Waals surface area contributed by atoms with E-state index in [4.69, 9.17) is 17.0 Å². The number of thiocarbonyl (C=S) groups is 1. The highest BCUT2D eigenvalue weighted by Crippen LogP contribution is 2.20. The fraction of sp³-hybridized carbons (Fsp3) is 0.462. The maximum absolute atomic E-state index is 5.57. The van der Waals surface area contributed by atoms with E-state index in [1.54, 1.807) is 12.0 Å². The molecule has 1 aliphatic rings. The zero-order valence-corrected chi connectivity index (χ0v) is 11.2. The first-order valence-corrected chi connectivity index (χ1v) is 6.37. The predicted octanol–water partition coefficient (Wildman–Crippen LogP) is 0.201. The highest BCUT2D eigenvalue weighted by molar-refractivity contribution is 7.80. The molecule has 1 aliphatic heterocycles. The Morgan fingerprint density at radius 3 is 2.59 bits per heavy atom. The lowest BCUT2D eigenvalue weighted by Crippen LogP contribution is -3.12. The second-order valence-corrected chi connectivity index (χ2v) is 4.84. The van der Waals surface area contributed by atoms with Crippen LogP contribution in [0.15, 0.2) is 24.3 Å². The summed E-state index contributed by atoms with van der Waals surface area (Å²) in [5, 5.41) is 0. The lowest BCUT2D eigenvalue weighted by molar-refractivity contribution is -0.883. The Labute approximate surface area is 108 Å². The first-order valence-electron chi connectivity index (χ1n) is 5.96. The molecule has 0 spiro atoms. The Balaban J connectivity index is 2.14. The van der Waals surface area contributed by atoms with Crippen molar-refractivity contribution in [3.63, 3.8) is 0 Å². The van der Waals surface area contributed by atoms with E-state index >= 15 is 0 Å². The van der Waals surface area contributed by atoms with Crippen molar-refractivity contribution in [3.05, 3.63) is 29.8 Å². The van der Waals surface area contributed by atoms with Crippen molar-refractivity contribution < 1.29 is 9.64 Å². The molecule has 0 unspecified atom stereocenters. The summed E-state index contributed by atoms with van der Waals surface area (Å²) < 4.78 is 5.36. The Hall–Kier alpha value is -1.13. The molecule has 0 aromatic heterocycles. The SMILES string of the molecule is COc1ccccc1C(=S)N1CC[NH+](C)CC1. The first-order chi connectivity index (χ1) is 8.22. The second-order valence-electron chi connectivity index (χ2n) is 4.45. The molecule has 92 valence electrons. The molecule has 0 atom stereocenters. The van der Waals surface area contributed by atoms with Crippen molar-refractivity contribution in [1.82, 2.24) is 4.90 Å². The number of benzene rings is 1. The van der Waals surface area contributed by atoms with Crippen molar-refractivity contribution in [2.24, 2.45) is 0 Å². The van der Waals surface area contributed by atoms with Crippen LogP contribution >= 0.6 is 12.2 Å². The third-order valence-electron chi connectivity index (χ3n) is 3.24. The number of hydrogen-bond acceptors (Lipinski definition) is 2. The number of methoxy groups -OCH3 is 1. The smallest absolute Gasteiger partial charge is 0.129 e. The van der Waals surface area contributed by atoms with Crippen molar-refractivity contribution in [2.45, 2.75) is 0 Å². The van der Waals surface area contributed by atoms with E-state index in [9.17, 15) is 0 Å². The summed E-state index contributed by atoms with van der Waals surface area (Å²) in [6, 6.07) is 7.97. The number of likely N-dealkylation sites (N-methyl/N-ethyl adjacent to an activating group) is 1. The van der Waals surface area contributed by atoms with Crippen molar-refractivity contribution >= 4 is 17.2 Å². The minimum atomic E-state index is 0.865. The number of nitrogens with zero attached hydrogens (tertiary/aromatic N) is 1. The number of quaternary nitrogens is 1. The van der Waals surface area contributed by atoms with Crippen molar-refractivity contribution in [2.75, 3.05) is 40.3 Å². The van der Waals surface area contributed by atoms with Gasteiger partial charge < -0.3 is 14.5 Å². The fourth-order valence-corrected chi connectivity index (χ4v) is 2.43. The molecule has 0 bridgehead atoms. The van der Waals surface area contributed by atoms with Gasteiger partial charge in [0.15, 0.2) is 0 Å². The van der Waals surface area contributed by atoms with E-state index in [1.807, 2.05) is 24.3 Å². The summed E-state index contributed by atoms with van der Waals surface area (Å²) in [7, 11) is 3.92. The molecule has 1 fully saturated rings. The third kappa shape index (κ3) is 2.76. The van der Waals surface area contributed by atoms with Crippen LogP contribution in [-0.4, -0.2) is 50.2 Å². The largest absolute Gasteiger partial charge is 0.496 e. The number of para-hydroxylation sites is 1. The van der Waals surface area contributed by atoms with Crippen LogP contribution in [0.4, 0.5) is 0 Å². The maximum atomic E-state index is 5.57. The number of rotatable bonds is 2. The second kappa shape index (κ2) is 5.47. The summed E-state index contributed by atoms with van der Waals surface area (Å²) in [6.07, 6.45) is 0. The van der Waals surface area contributed by atoms with E-state index in [2.05, 4.69) is 11.9 Å². The van der Waals surface area contributed by atoms with Gasteiger partial charge in [0, 0.05) is 0 Å². The van der Waals surface area contributed by atoms with Crippen LogP contribution in [0.3, 0.4) is 0 Å². The monoisotopic (exact) mass is 251 g/mol. The van der Waals surface area contributed by atoms with E-state index in [0.29, 0.717) is 0 Å². The fourth-order valence-electron chi connectivity index (χ4n) is 2.08. The Bertz CT molecular complexity index is 400. The molecule has 0 aliphatic carbocycles. The zero-order valence-electron chi connectivity index (χ0n) is 10.4. The third-order valence-corrected chi connectivity index (χ3v) is 3.72. The van der Waals surface area contributed by atoms with Gasteiger partial charge in [-0.1, -0.05) is 24.4 Å². The molecular formula is C13H19N2OS+. The molecule has 1 saturated heterocycles. The average Bonchev–Trinajstić information content (AvgIpc) is 2.39. The highest BCUT2D eigenvalue weighted by atomic mass is 32.1. The molecule has 2 rings (SSSR count). The molecule has 1 N–H and O–H groups in total. The van der Waals surface area contributed by atoms with Gasteiger partial charge in [-0.2, -0.15) is 0 Å². The number of hydrogen-bond donors (Lipinski definition) is 1. The number of piperazine rings is 1. The van der Waals surface area contributed by atoms with Gasteiger partial charge in [0.25, 0.3) is 0 Å². The van der Waals surface area contributed by atoms with E-state index < -0.39 is 0 Å². The van der Waals surface area contributed by atoms with Gasteiger partial charge in [0.2, 0.25) is 0 Å². The van der Waals surface area contributed by atoms with Crippen LogP contribution in [0.25, 0.3) is 0 Å². The van der Waals surface area contributed by atoms with E-state index in [1.165, 1.54) is 0 Å². The highest BCUT2D eigenvalue weighted by Gasteiger charge is 2.21. The molecule has 4 heteroatoms. The van der Waals surface area contributed by atoms with Crippen molar-refractivity contribution in [3.8, 4) is 5.75 Å². The van der Waals surface area contributed by atoms with E-state index in [0.717, 1.165) is 42.5 Å². The molecule has 0 radical (unpaired) electrons. The van der Waals surface area contributed by atoms with Crippen LogP contribution in [0.5, 0.6) is 5.75 Å². The first kappa shape index (κ1) is 12.3. The van der Waals surface area contributed by atoms with E-state index in [-0.39, 0.29) is 0 Å². The normalized spacial score (nSPS) is 16.9. The Morgan fingerprint density at radius 1 is 1.29 bits per heavy atom. The summed E-state index contributed by atoms with van der Waals surface area (Å²) >= 11 is 5.57. The summed E-state index contributed by atoms with van der Waals surface area (Å²) in [5.74, 6) is 0.865. The van der Waals surface area contributed by atoms with Gasteiger partial charge in [-0.3, -0.25) is 0 Å². The molecule has 17 heavy (non-hydrogen) atoms. The minimum Gasteiger partial charge on any atom is -0.496 e. The van der Waals surface area contributed by atoms with Gasteiger partial charge in [-0.05, 0) is 12.1 Å². The average molecular weight is 251 g/mol. The molecule has 1 aromatic rings. The van der Waals surface area contributed by atoms with Crippen LogP contribution < -0.4 is 9.64 Å². The lowest BCUT2D eigenvalue weighted by Gasteiger charge is -2.32. The Kier molecular flexibility index (Phi) is 3.97. The van der Waals surface area contributed by atoms with Crippen LogP contribution in [-0.2, 0) is 0 Å². The molecule has 3 nitrogen and oxygen atoms in total. The number of nitrogens with one attached hydrogen (secondary N) is 1. The summed E-state index contributed by atoms with van der Waals surface area (Å²) in [4.78, 5) is 4.76. The molecule has 0 amide bonds. The molecule has 1 aromatic carbocycles. The molecular weight excluding hydrogens is 232 g/mol. The topological polar surface area (TPSA) is 16.9 Å². The summed E-state index contributed by atoms with van der Waals surface area (Å²) in [5.41, 5.74) is 1.03. The van der Waals surface area contributed by atoms with Gasteiger partial charge >= 0.3 is 0 Å². The van der Waals surface area contributed by atoms with Crippen LogP contribution in [0.1, 0.15) is 5.56 Å². The van der Waals surface area contributed by atoms with Crippen molar-refractivity contribution in [1.29, 1.82) is 0 Å². The standard InChI is InChI=1S/C13H18N2OS/c1-14-7-9-15(10-8-14)13(17)11-5-3-4-6-12(11)16-2/h3-6H,7-10H2,1-2H3/p+1. The quantitative estimate of drug-likeness (QED) is 0.757. The van der Waals surface area contributed by atoms with Gasteiger partial charge in [-0.15, -0.1) is 0 Å². The zero-order chi connectivity index (χ0) is 12.3. The minimum absolute atomic E-state index is 0.865. The molecule has 1 heterocycles. The number of ether oxygens (including phenoxy) is 1.